The summed E-state index contributed by atoms with van der Waals surface area (Å²) in [5.41, 5.74) is 10.9. The van der Waals surface area contributed by atoms with Gasteiger partial charge >= 0.3 is 0 Å². The molecule has 34 heavy (non-hydrogen) atoms. The fourth-order valence-electron chi connectivity index (χ4n) is 5.18. The maximum atomic E-state index is 13.6. The number of ketones is 1. The van der Waals surface area contributed by atoms with Crippen LogP contribution in [0, 0.1) is 5.41 Å². The van der Waals surface area contributed by atoms with Gasteiger partial charge in [0, 0.05) is 39.7 Å². The van der Waals surface area contributed by atoms with Crippen LogP contribution in [-0.2, 0) is 4.79 Å². The first-order chi connectivity index (χ1) is 16.2. The number of carbonyl (C=O) groups excluding carboxylic acids is 1. The van der Waals surface area contributed by atoms with E-state index in [-0.39, 0.29) is 17.1 Å². The molecule has 0 unspecified atom stereocenters. The average Bonchev–Trinajstić information content (AvgIpc) is 3.28. The molecule has 2 N–H and O–H groups in total. The molecule has 3 aromatic carbocycles. The number of nitrogens with two attached hydrogens (primary N) is 1. The van der Waals surface area contributed by atoms with E-state index in [1.54, 1.807) is 0 Å². The molecule has 0 saturated carbocycles. The van der Waals surface area contributed by atoms with Gasteiger partial charge in [0.05, 0.1) is 0 Å². The van der Waals surface area contributed by atoms with Crippen LogP contribution in [0.15, 0.2) is 82.8 Å². The number of carbonyl (C=O) groups is 1. The molecule has 0 spiro atoms. The van der Waals surface area contributed by atoms with Gasteiger partial charge in [0.2, 0.25) is 0 Å². The standard InChI is InChI=1S/C30H28ClNO2/c1-18(26-14-15-27(34-26)20-8-11-21(31)12-9-20)28-23(16-30(2,3)17-25(28)33)29-22-7-5-4-6-19(22)10-13-24(29)32/h4-15,18H,16-17,32H2,1-3H3/t18-/m1/s1. The normalized spacial score (nSPS) is 16.8. The van der Waals surface area contributed by atoms with E-state index in [1.165, 1.54) is 0 Å². The molecule has 0 radical (unpaired) electrons. The minimum absolute atomic E-state index is 0.142. The first-order valence-electron chi connectivity index (χ1n) is 11.6. The summed E-state index contributed by atoms with van der Waals surface area (Å²) < 4.78 is 6.27. The number of furan rings is 1. The molecular formula is C30H28ClNO2. The van der Waals surface area contributed by atoms with Crippen LogP contribution in [0.25, 0.3) is 27.7 Å². The molecule has 1 heterocycles. The number of rotatable bonds is 4. The van der Waals surface area contributed by atoms with Gasteiger partial charge in [0.25, 0.3) is 0 Å². The Balaban J connectivity index is 1.67. The van der Waals surface area contributed by atoms with Crippen molar-refractivity contribution in [2.24, 2.45) is 5.41 Å². The summed E-state index contributed by atoms with van der Waals surface area (Å²) in [5.74, 6) is 1.49. The number of fused-ring (bicyclic) bond motifs is 1. The van der Waals surface area contributed by atoms with Crippen molar-refractivity contribution in [2.45, 2.75) is 39.5 Å². The van der Waals surface area contributed by atoms with Crippen molar-refractivity contribution < 1.29 is 9.21 Å². The summed E-state index contributed by atoms with van der Waals surface area (Å²) in [7, 11) is 0. The number of allylic oxidation sites excluding steroid dienone is 2. The van der Waals surface area contributed by atoms with Crippen LogP contribution in [0.3, 0.4) is 0 Å². The molecule has 0 amide bonds. The lowest BCUT2D eigenvalue weighted by molar-refractivity contribution is -0.118. The summed E-state index contributed by atoms with van der Waals surface area (Å²) >= 11 is 6.04. The molecule has 1 atom stereocenters. The topological polar surface area (TPSA) is 56.2 Å². The summed E-state index contributed by atoms with van der Waals surface area (Å²) in [6, 6.07) is 23.7. The van der Waals surface area contributed by atoms with Crippen LogP contribution >= 0.6 is 11.6 Å². The molecule has 0 fully saturated rings. The smallest absolute Gasteiger partial charge is 0.160 e. The summed E-state index contributed by atoms with van der Waals surface area (Å²) in [6.07, 6.45) is 1.28. The van der Waals surface area contributed by atoms with Crippen LogP contribution in [0.1, 0.15) is 50.9 Å². The molecule has 1 aromatic heterocycles. The molecule has 4 heteroatoms. The van der Waals surface area contributed by atoms with E-state index in [2.05, 4.69) is 32.9 Å². The maximum absolute atomic E-state index is 13.6. The lowest BCUT2D eigenvalue weighted by Gasteiger charge is -2.35. The van der Waals surface area contributed by atoms with Crippen LogP contribution in [0.2, 0.25) is 5.02 Å². The van der Waals surface area contributed by atoms with Crippen molar-refractivity contribution in [3.63, 3.8) is 0 Å². The minimum atomic E-state index is -0.196. The van der Waals surface area contributed by atoms with E-state index >= 15 is 0 Å². The van der Waals surface area contributed by atoms with Crippen molar-refractivity contribution in [1.29, 1.82) is 0 Å². The van der Waals surface area contributed by atoms with Crippen molar-refractivity contribution in [3.05, 3.63) is 94.7 Å². The second-order valence-corrected chi connectivity index (χ2v) is 10.5. The van der Waals surface area contributed by atoms with E-state index < -0.39 is 0 Å². The fourth-order valence-corrected chi connectivity index (χ4v) is 5.31. The highest BCUT2D eigenvalue weighted by Gasteiger charge is 2.37. The summed E-state index contributed by atoms with van der Waals surface area (Å²) in [4.78, 5) is 13.6. The molecule has 3 nitrogen and oxygen atoms in total. The highest BCUT2D eigenvalue weighted by atomic mass is 35.5. The number of benzene rings is 3. The second-order valence-electron chi connectivity index (χ2n) is 10.0. The second kappa shape index (κ2) is 8.48. The van der Waals surface area contributed by atoms with Gasteiger partial charge in [0.15, 0.2) is 5.78 Å². The predicted molar refractivity (Wildman–Crippen MR) is 141 cm³/mol. The Morgan fingerprint density at radius 2 is 1.68 bits per heavy atom. The Hall–Kier alpha value is -3.30. The Labute approximate surface area is 205 Å². The molecule has 0 bridgehead atoms. The molecule has 4 aromatic rings. The Bertz CT molecular complexity index is 1430. The molecule has 1 aliphatic rings. The number of halogens is 1. The molecule has 172 valence electrons. The SMILES string of the molecule is C[C@@H](C1=C(c2c(N)ccc3ccccc23)CC(C)(C)CC1=O)c1ccc(-c2ccc(Cl)cc2)o1. The van der Waals surface area contributed by atoms with Crippen molar-refractivity contribution >= 4 is 39.4 Å². The van der Waals surface area contributed by atoms with Gasteiger partial charge in [-0.3, -0.25) is 4.79 Å². The number of anilines is 1. The monoisotopic (exact) mass is 469 g/mol. The molecule has 1 aliphatic carbocycles. The van der Waals surface area contributed by atoms with Crippen LogP contribution < -0.4 is 5.73 Å². The third-order valence-electron chi connectivity index (χ3n) is 6.80. The van der Waals surface area contributed by atoms with E-state index in [4.69, 9.17) is 21.8 Å². The zero-order chi connectivity index (χ0) is 24.0. The van der Waals surface area contributed by atoms with Crippen molar-refractivity contribution in [3.8, 4) is 11.3 Å². The quantitative estimate of drug-likeness (QED) is 0.306. The maximum Gasteiger partial charge on any atom is 0.160 e. The van der Waals surface area contributed by atoms with Gasteiger partial charge < -0.3 is 10.2 Å². The minimum Gasteiger partial charge on any atom is -0.460 e. The Kier molecular flexibility index (Phi) is 5.61. The van der Waals surface area contributed by atoms with Gasteiger partial charge in [-0.05, 0) is 70.6 Å². The van der Waals surface area contributed by atoms with Gasteiger partial charge in [-0.1, -0.05) is 62.7 Å². The molecule has 0 aliphatic heterocycles. The third kappa shape index (κ3) is 4.05. The van der Waals surface area contributed by atoms with Gasteiger partial charge in [-0.15, -0.1) is 0 Å². The van der Waals surface area contributed by atoms with E-state index in [9.17, 15) is 4.79 Å². The largest absolute Gasteiger partial charge is 0.460 e. The molecular weight excluding hydrogens is 442 g/mol. The van der Waals surface area contributed by atoms with Crippen molar-refractivity contribution in [1.82, 2.24) is 0 Å². The number of Topliss-reactive ketones (excluding diaryl/α,β-unsaturated/α-hetero) is 1. The highest BCUT2D eigenvalue weighted by Crippen LogP contribution is 2.48. The first kappa shape index (κ1) is 22.5. The van der Waals surface area contributed by atoms with E-state index in [0.29, 0.717) is 17.1 Å². The van der Waals surface area contributed by atoms with Crippen LogP contribution in [0.5, 0.6) is 0 Å². The number of hydrogen-bond donors (Lipinski definition) is 1. The van der Waals surface area contributed by atoms with Crippen molar-refractivity contribution in [2.75, 3.05) is 5.73 Å². The van der Waals surface area contributed by atoms with E-state index in [1.807, 2.05) is 60.7 Å². The van der Waals surface area contributed by atoms with Gasteiger partial charge in [-0.25, -0.2) is 0 Å². The zero-order valence-corrected chi connectivity index (χ0v) is 20.4. The lowest BCUT2D eigenvalue weighted by Crippen LogP contribution is -2.27. The predicted octanol–water partition coefficient (Wildman–Crippen LogP) is 8.28. The van der Waals surface area contributed by atoms with Crippen LogP contribution in [0.4, 0.5) is 5.69 Å². The zero-order valence-electron chi connectivity index (χ0n) is 19.7. The molecule has 5 rings (SSSR count). The summed E-state index contributed by atoms with van der Waals surface area (Å²) in [6.45, 7) is 6.36. The van der Waals surface area contributed by atoms with E-state index in [0.717, 1.165) is 51.0 Å². The lowest BCUT2D eigenvalue weighted by atomic mass is 9.68. The van der Waals surface area contributed by atoms with Gasteiger partial charge in [0.1, 0.15) is 11.5 Å². The average molecular weight is 470 g/mol. The van der Waals surface area contributed by atoms with Gasteiger partial charge in [-0.2, -0.15) is 0 Å². The summed E-state index contributed by atoms with van der Waals surface area (Å²) in [5, 5.41) is 2.88. The Morgan fingerprint density at radius 1 is 0.941 bits per heavy atom. The number of hydrogen-bond acceptors (Lipinski definition) is 3. The molecule has 0 saturated heterocycles. The Morgan fingerprint density at radius 3 is 2.44 bits per heavy atom. The third-order valence-corrected chi connectivity index (χ3v) is 7.05. The highest BCUT2D eigenvalue weighted by molar-refractivity contribution is 6.30. The number of nitrogen functional groups attached to an aromatic ring is 1. The fraction of sp³-hybridized carbons (Fsp3) is 0.233. The van der Waals surface area contributed by atoms with Crippen LogP contribution in [-0.4, -0.2) is 5.78 Å². The first-order valence-corrected chi connectivity index (χ1v) is 12.0.